The zero-order valence-corrected chi connectivity index (χ0v) is 15.3. The van der Waals surface area contributed by atoms with E-state index in [-0.39, 0.29) is 0 Å². The molecule has 20 heavy (non-hydrogen) atoms. The van der Waals surface area contributed by atoms with Gasteiger partial charge in [-0.15, -0.1) is 0 Å². The number of rotatable bonds is 11. The maximum Gasteiger partial charge on any atom is 0.0109 e. The predicted octanol–water partition coefficient (Wildman–Crippen LogP) is 3.01. The van der Waals surface area contributed by atoms with Crippen LogP contribution in [-0.4, -0.2) is 74.1 Å². The zero-order valence-electron chi connectivity index (χ0n) is 15.3. The maximum absolute atomic E-state index is 2.47. The second kappa shape index (κ2) is 10.6. The van der Waals surface area contributed by atoms with E-state index in [0.717, 1.165) is 5.92 Å². The van der Waals surface area contributed by atoms with Crippen LogP contribution >= 0.6 is 0 Å². The Bertz CT molecular complexity index is 204. The minimum atomic E-state index is 0.647. The number of likely N-dealkylation sites (N-methyl/N-ethyl adjacent to an activating group) is 2. The van der Waals surface area contributed by atoms with Crippen LogP contribution in [0.2, 0.25) is 0 Å². The normalized spacial score (nSPS) is 14.2. The lowest BCUT2D eigenvalue weighted by Gasteiger charge is -2.26. The molecule has 0 aromatic heterocycles. The Morgan fingerprint density at radius 1 is 0.600 bits per heavy atom. The van der Waals surface area contributed by atoms with Crippen LogP contribution in [0.4, 0.5) is 0 Å². The Morgan fingerprint density at radius 3 is 1.55 bits per heavy atom. The molecule has 0 radical (unpaired) electrons. The van der Waals surface area contributed by atoms with Crippen molar-refractivity contribution in [3.63, 3.8) is 0 Å². The van der Waals surface area contributed by atoms with Gasteiger partial charge >= 0.3 is 0 Å². The highest BCUT2D eigenvalue weighted by atomic mass is 15.2. The average molecular weight is 286 g/mol. The van der Waals surface area contributed by atoms with E-state index < -0.39 is 0 Å². The summed E-state index contributed by atoms with van der Waals surface area (Å²) in [6.45, 7) is 16.2. The molecule has 0 aliphatic heterocycles. The van der Waals surface area contributed by atoms with Gasteiger partial charge in [-0.05, 0) is 80.7 Å². The molecule has 0 aliphatic carbocycles. The van der Waals surface area contributed by atoms with Crippen LogP contribution in [0.15, 0.2) is 0 Å². The number of hydrogen-bond donors (Lipinski definition) is 0. The Labute approximate surface area is 128 Å². The van der Waals surface area contributed by atoms with Gasteiger partial charge in [-0.25, -0.2) is 0 Å². The number of nitrogens with zero attached hydrogens (tertiary/aromatic N) is 3. The highest BCUT2D eigenvalue weighted by Crippen LogP contribution is 2.10. The Kier molecular flexibility index (Phi) is 10.5. The summed E-state index contributed by atoms with van der Waals surface area (Å²) in [5.74, 6) is 0.821. The van der Waals surface area contributed by atoms with Gasteiger partial charge in [0.15, 0.2) is 0 Å². The minimum Gasteiger partial charge on any atom is -0.305 e. The molecule has 0 aromatic rings. The van der Waals surface area contributed by atoms with Crippen LogP contribution in [-0.2, 0) is 0 Å². The molecule has 0 fully saturated rings. The highest BCUT2D eigenvalue weighted by molar-refractivity contribution is 4.64. The van der Waals surface area contributed by atoms with Gasteiger partial charge in [-0.2, -0.15) is 0 Å². The van der Waals surface area contributed by atoms with Crippen molar-refractivity contribution in [3.05, 3.63) is 0 Å². The van der Waals surface area contributed by atoms with Crippen molar-refractivity contribution in [2.45, 2.75) is 59.5 Å². The molecule has 0 N–H and O–H groups in total. The van der Waals surface area contributed by atoms with E-state index >= 15 is 0 Å². The van der Waals surface area contributed by atoms with Crippen molar-refractivity contribution < 1.29 is 0 Å². The fraction of sp³-hybridized carbons (Fsp3) is 1.00. The summed E-state index contributed by atoms with van der Waals surface area (Å²) in [5, 5.41) is 0. The van der Waals surface area contributed by atoms with Crippen LogP contribution < -0.4 is 0 Å². The van der Waals surface area contributed by atoms with Gasteiger partial charge in [0.05, 0.1) is 0 Å². The van der Waals surface area contributed by atoms with E-state index in [1.165, 1.54) is 39.0 Å². The molecule has 0 bridgehead atoms. The molecule has 3 heteroatoms. The average Bonchev–Trinajstić information content (AvgIpc) is 2.39. The second-order valence-electron chi connectivity index (χ2n) is 7.13. The van der Waals surface area contributed by atoms with E-state index in [1.807, 2.05) is 0 Å². The van der Waals surface area contributed by atoms with E-state index in [0.29, 0.717) is 12.1 Å². The lowest BCUT2D eigenvalue weighted by Crippen LogP contribution is -2.35. The topological polar surface area (TPSA) is 9.72 Å². The largest absolute Gasteiger partial charge is 0.305 e. The van der Waals surface area contributed by atoms with E-state index in [9.17, 15) is 0 Å². The summed E-state index contributed by atoms with van der Waals surface area (Å²) in [6.07, 6.45) is 2.63. The smallest absolute Gasteiger partial charge is 0.0109 e. The van der Waals surface area contributed by atoms with Gasteiger partial charge in [-0.3, -0.25) is 0 Å². The summed E-state index contributed by atoms with van der Waals surface area (Å²) < 4.78 is 0. The zero-order chi connectivity index (χ0) is 15.7. The molecule has 1 atom stereocenters. The Hall–Kier alpha value is -0.120. The summed E-state index contributed by atoms with van der Waals surface area (Å²) >= 11 is 0. The molecule has 0 spiro atoms. The molecule has 0 aliphatic rings. The third kappa shape index (κ3) is 9.73. The summed E-state index contributed by atoms with van der Waals surface area (Å²) in [6, 6.07) is 1.31. The van der Waals surface area contributed by atoms with Crippen LogP contribution in [0.1, 0.15) is 47.5 Å². The third-order valence-electron chi connectivity index (χ3n) is 4.58. The summed E-state index contributed by atoms with van der Waals surface area (Å²) in [7, 11) is 6.69. The van der Waals surface area contributed by atoms with E-state index in [2.05, 4.69) is 70.5 Å². The molecule has 122 valence electrons. The van der Waals surface area contributed by atoms with Crippen molar-refractivity contribution in [3.8, 4) is 0 Å². The van der Waals surface area contributed by atoms with Gasteiger partial charge in [-0.1, -0.05) is 6.92 Å². The van der Waals surface area contributed by atoms with E-state index in [1.54, 1.807) is 0 Å². The first-order valence-corrected chi connectivity index (χ1v) is 8.33. The van der Waals surface area contributed by atoms with Crippen LogP contribution in [0.3, 0.4) is 0 Å². The standard InChI is InChI=1S/C17H39N3/c1-15(2)19(7)12-10-17(5)9-11-18(6)13-14-20(8)16(3)4/h15-17H,9-14H2,1-8H3. The van der Waals surface area contributed by atoms with Crippen LogP contribution in [0.25, 0.3) is 0 Å². The lowest BCUT2D eigenvalue weighted by molar-refractivity contribution is 0.211. The van der Waals surface area contributed by atoms with Gasteiger partial charge in [0.25, 0.3) is 0 Å². The fourth-order valence-corrected chi connectivity index (χ4v) is 1.97. The van der Waals surface area contributed by atoms with Gasteiger partial charge in [0, 0.05) is 25.2 Å². The third-order valence-corrected chi connectivity index (χ3v) is 4.58. The molecule has 3 nitrogen and oxygen atoms in total. The fourth-order valence-electron chi connectivity index (χ4n) is 1.97. The van der Waals surface area contributed by atoms with Crippen molar-refractivity contribution >= 4 is 0 Å². The first kappa shape index (κ1) is 19.9. The monoisotopic (exact) mass is 285 g/mol. The maximum atomic E-state index is 2.47. The van der Waals surface area contributed by atoms with Crippen molar-refractivity contribution in [1.82, 2.24) is 14.7 Å². The quantitative estimate of drug-likeness (QED) is 0.578. The first-order valence-electron chi connectivity index (χ1n) is 8.33. The Morgan fingerprint density at radius 2 is 1.05 bits per heavy atom. The molecular weight excluding hydrogens is 246 g/mol. The Balaban J connectivity index is 3.70. The van der Waals surface area contributed by atoms with Crippen molar-refractivity contribution in [2.24, 2.45) is 5.92 Å². The summed E-state index contributed by atoms with van der Waals surface area (Å²) in [5.41, 5.74) is 0. The minimum absolute atomic E-state index is 0.647. The molecule has 0 aromatic carbocycles. The van der Waals surface area contributed by atoms with Gasteiger partial charge < -0.3 is 14.7 Å². The molecule has 0 saturated heterocycles. The van der Waals surface area contributed by atoms with Gasteiger partial charge in [0.1, 0.15) is 0 Å². The second-order valence-corrected chi connectivity index (χ2v) is 7.13. The molecule has 0 heterocycles. The number of hydrogen-bond acceptors (Lipinski definition) is 3. The lowest BCUT2D eigenvalue weighted by atomic mass is 10.0. The molecule has 0 amide bonds. The molecule has 0 saturated carbocycles. The summed E-state index contributed by atoms with van der Waals surface area (Å²) in [4.78, 5) is 7.33. The van der Waals surface area contributed by atoms with Crippen LogP contribution in [0.5, 0.6) is 0 Å². The SMILES string of the molecule is CC(CCN(C)CCN(C)C(C)C)CCN(C)C(C)C. The molecule has 0 rings (SSSR count). The molecule has 1 unspecified atom stereocenters. The first-order chi connectivity index (χ1) is 9.23. The van der Waals surface area contributed by atoms with Crippen molar-refractivity contribution in [1.29, 1.82) is 0 Å². The van der Waals surface area contributed by atoms with E-state index in [4.69, 9.17) is 0 Å². The molecular formula is C17H39N3. The van der Waals surface area contributed by atoms with Crippen LogP contribution in [0, 0.1) is 5.92 Å². The van der Waals surface area contributed by atoms with Gasteiger partial charge in [0.2, 0.25) is 0 Å². The van der Waals surface area contributed by atoms with Crippen molar-refractivity contribution in [2.75, 3.05) is 47.3 Å². The predicted molar refractivity (Wildman–Crippen MR) is 91.4 cm³/mol. The highest BCUT2D eigenvalue weighted by Gasteiger charge is 2.09.